The summed E-state index contributed by atoms with van der Waals surface area (Å²) in [5.74, 6) is 1.58. The molecule has 0 atom stereocenters. The molecular formula is C4H9Cl2PS2. The van der Waals surface area contributed by atoms with E-state index in [0.29, 0.717) is 5.92 Å². The lowest BCUT2D eigenvalue weighted by molar-refractivity contribution is 0.752. The second kappa shape index (κ2) is 4.46. The van der Waals surface area contributed by atoms with Gasteiger partial charge in [0.2, 0.25) is 0 Å². The number of halogens is 2. The summed E-state index contributed by atoms with van der Waals surface area (Å²) >= 11 is 17.6. The average Bonchev–Trinajstić information content (AvgIpc) is 1.59. The van der Waals surface area contributed by atoms with Crippen LogP contribution in [0, 0.1) is 5.92 Å². The van der Waals surface area contributed by atoms with E-state index in [0.717, 1.165) is 5.75 Å². The molecule has 0 saturated carbocycles. The molecule has 0 rings (SSSR count). The van der Waals surface area contributed by atoms with Gasteiger partial charge >= 0.3 is 0 Å². The van der Waals surface area contributed by atoms with E-state index < -0.39 is 3.95 Å². The summed E-state index contributed by atoms with van der Waals surface area (Å²) < 4.78 is -2.03. The monoisotopic (exact) mass is 222 g/mol. The predicted octanol–water partition coefficient (Wildman–Crippen LogP) is 4.08. The Hall–Kier alpha value is 1.58. The molecule has 0 heterocycles. The minimum absolute atomic E-state index is 0.620. The number of hydrogen-bond donors (Lipinski definition) is 0. The fourth-order valence-corrected chi connectivity index (χ4v) is 3.68. The van der Waals surface area contributed by atoms with Crippen LogP contribution in [0.25, 0.3) is 0 Å². The lowest BCUT2D eigenvalue weighted by atomic mass is 10.3. The molecule has 0 unspecified atom stereocenters. The highest BCUT2D eigenvalue weighted by Gasteiger charge is 2.08. The zero-order valence-electron chi connectivity index (χ0n) is 5.30. The Morgan fingerprint density at radius 1 is 1.56 bits per heavy atom. The molecule has 0 saturated heterocycles. The van der Waals surface area contributed by atoms with Gasteiger partial charge in [-0.2, -0.15) is 0 Å². The summed E-state index contributed by atoms with van der Waals surface area (Å²) in [6.45, 7) is 4.23. The van der Waals surface area contributed by atoms with E-state index in [9.17, 15) is 0 Å². The molecule has 0 spiro atoms. The van der Waals surface area contributed by atoms with Gasteiger partial charge in [0, 0.05) is 5.75 Å². The van der Waals surface area contributed by atoms with Gasteiger partial charge in [0.1, 0.15) is 0 Å². The highest BCUT2D eigenvalue weighted by atomic mass is 35.9. The van der Waals surface area contributed by atoms with Crippen molar-refractivity contribution in [1.82, 2.24) is 0 Å². The van der Waals surface area contributed by atoms with E-state index in [2.05, 4.69) is 13.8 Å². The first-order chi connectivity index (χ1) is 3.92. The summed E-state index contributed by atoms with van der Waals surface area (Å²) in [7, 11) is 0. The summed E-state index contributed by atoms with van der Waals surface area (Å²) in [4.78, 5) is 0. The molecule has 9 heavy (non-hydrogen) atoms. The van der Waals surface area contributed by atoms with Crippen molar-refractivity contribution >= 4 is 49.6 Å². The summed E-state index contributed by atoms with van der Waals surface area (Å²) in [5, 5.41) is 0. The van der Waals surface area contributed by atoms with Crippen LogP contribution in [-0.2, 0) is 11.8 Å². The molecule has 0 aliphatic rings. The van der Waals surface area contributed by atoms with Gasteiger partial charge in [-0.15, -0.1) is 0 Å². The highest BCUT2D eigenvalue weighted by Crippen LogP contribution is 2.68. The van der Waals surface area contributed by atoms with E-state index in [1.54, 1.807) is 0 Å². The Bertz CT molecular complexity index is 120. The third kappa shape index (κ3) is 9.58. The minimum Gasteiger partial charge on any atom is -0.0945 e. The lowest BCUT2D eigenvalue weighted by Crippen LogP contribution is -1.87. The predicted molar refractivity (Wildman–Crippen MR) is 53.3 cm³/mol. The van der Waals surface area contributed by atoms with Crippen LogP contribution < -0.4 is 0 Å². The van der Waals surface area contributed by atoms with E-state index in [-0.39, 0.29) is 0 Å². The molecule has 5 heteroatoms. The van der Waals surface area contributed by atoms with Crippen molar-refractivity contribution in [1.29, 1.82) is 0 Å². The van der Waals surface area contributed by atoms with Gasteiger partial charge in [0.25, 0.3) is 0 Å². The molecule has 0 bridgehead atoms. The largest absolute Gasteiger partial charge is 0.171 e. The van der Waals surface area contributed by atoms with E-state index in [1.807, 2.05) is 0 Å². The Labute approximate surface area is 75.0 Å². The zero-order valence-corrected chi connectivity index (χ0v) is 9.34. The van der Waals surface area contributed by atoms with Crippen molar-refractivity contribution in [3.63, 3.8) is 0 Å². The second-order valence-corrected chi connectivity index (χ2v) is 14.2. The quantitative estimate of drug-likeness (QED) is 0.661. The van der Waals surface area contributed by atoms with Gasteiger partial charge in [0.15, 0.2) is 3.95 Å². The summed E-state index contributed by atoms with van der Waals surface area (Å²) in [5.41, 5.74) is 0. The minimum atomic E-state index is -2.03. The molecule has 0 radical (unpaired) electrons. The molecule has 0 fully saturated rings. The third-order valence-corrected chi connectivity index (χ3v) is 5.73. The van der Waals surface area contributed by atoms with E-state index >= 15 is 0 Å². The SMILES string of the molecule is CC(C)CSP(=S)(Cl)Cl. The van der Waals surface area contributed by atoms with Crippen LogP contribution in [0.5, 0.6) is 0 Å². The van der Waals surface area contributed by atoms with Crippen LogP contribution in [0.2, 0.25) is 0 Å². The van der Waals surface area contributed by atoms with Gasteiger partial charge in [-0.05, 0) is 5.92 Å². The van der Waals surface area contributed by atoms with Crippen LogP contribution >= 0.6 is 37.8 Å². The van der Waals surface area contributed by atoms with Crippen molar-refractivity contribution in [3.8, 4) is 0 Å². The van der Waals surface area contributed by atoms with E-state index in [4.69, 9.17) is 34.3 Å². The molecule has 0 aromatic carbocycles. The lowest BCUT2D eigenvalue weighted by Gasteiger charge is -2.05. The first-order valence-electron chi connectivity index (χ1n) is 2.55. The molecule has 56 valence electrons. The molecule has 0 aliphatic heterocycles. The first kappa shape index (κ1) is 10.6. The Kier molecular flexibility index (Phi) is 5.24. The summed E-state index contributed by atoms with van der Waals surface area (Å²) in [6.07, 6.45) is 0. The second-order valence-electron chi connectivity index (χ2n) is 2.10. The molecule has 0 nitrogen and oxygen atoms in total. The topological polar surface area (TPSA) is 0 Å². The maximum Gasteiger partial charge on any atom is 0.171 e. The fraction of sp³-hybridized carbons (Fsp3) is 1.00. The molecule has 0 amide bonds. The Balaban J connectivity index is 3.40. The van der Waals surface area contributed by atoms with Crippen molar-refractivity contribution < 1.29 is 0 Å². The Morgan fingerprint density at radius 3 is 2.11 bits per heavy atom. The highest BCUT2D eigenvalue weighted by molar-refractivity contribution is 8.85. The van der Waals surface area contributed by atoms with Gasteiger partial charge in [-0.1, -0.05) is 59.5 Å². The third-order valence-electron chi connectivity index (χ3n) is 0.558. The molecule has 0 aliphatic carbocycles. The van der Waals surface area contributed by atoms with Crippen molar-refractivity contribution in [2.45, 2.75) is 13.8 Å². The zero-order chi connectivity index (χ0) is 7.49. The fourth-order valence-electron chi connectivity index (χ4n) is 0.236. The molecule has 0 N–H and O–H groups in total. The molecule has 0 aromatic heterocycles. The van der Waals surface area contributed by atoms with Crippen molar-refractivity contribution in [3.05, 3.63) is 0 Å². The van der Waals surface area contributed by atoms with Crippen molar-refractivity contribution in [2.24, 2.45) is 5.92 Å². The average molecular weight is 223 g/mol. The van der Waals surface area contributed by atoms with Gasteiger partial charge in [0.05, 0.1) is 0 Å². The normalized spacial score (nSPS) is 12.6. The summed E-state index contributed by atoms with van der Waals surface area (Å²) in [6, 6.07) is 0. The molecular weight excluding hydrogens is 214 g/mol. The Morgan fingerprint density at radius 2 is 2.00 bits per heavy atom. The van der Waals surface area contributed by atoms with Crippen LogP contribution in [0.3, 0.4) is 0 Å². The first-order valence-corrected chi connectivity index (χ1v) is 8.76. The van der Waals surface area contributed by atoms with Crippen LogP contribution in [0.4, 0.5) is 0 Å². The van der Waals surface area contributed by atoms with Crippen LogP contribution in [0.15, 0.2) is 0 Å². The van der Waals surface area contributed by atoms with Crippen LogP contribution in [0.1, 0.15) is 13.8 Å². The van der Waals surface area contributed by atoms with E-state index in [1.165, 1.54) is 11.4 Å². The number of rotatable bonds is 3. The van der Waals surface area contributed by atoms with Gasteiger partial charge < -0.3 is 0 Å². The van der Waals surface area contributed by atoms with Gasteiger partial charge in [-0.3, -0.25) is 0 Å². The van der Waals surface area contributed by atoms with Crippen molar-refractivity contribution in [2.75, 3.05) is 5.75 Å². The maximum atomic E-state index is 5.63. The smallest absolute Gasteiger partial charge is 0.0945 e. The standard InChI is InChI=1S/C4H9Cl2PS2/c1-4(2)3-9-7(5,6)8/h4H,3H2,1-2H3. The van der Waals surface area contributed by atoms with Crippen LogP contribution in [-0.4, -0.2) is 5.75 Å². The molecule has 0 aromatic rings. The van der Waals surface area contributed by atoms with Gasteiger partial charge in [-0.25, -0.2) is 0 Å². The maximum absolute atomic E-state index is 5.63. The number of hydrogen-bond acceptors (Lipinski definition) is 2.